The second-order valence-corrected chi connectivity index (χ2v) is 10.8. The fourth-order valence-electron chi connectivity index (χ4n) is 3.44. The summed E-state index contributed by atoms with van der Waals surface area (Å²) in [5, 5.41) is 1.97. The van der Waals surface area contributed by atoms with Crippen LogP contribution in [0.5, 0.6) is 0 Å². The van der Waals surface area contributed by atoms with E-state index in [1.807, 2.05) is 10.3 Å². The minimum absolute atomic E-state index is 0.0336. The Morgan fingerprint density at radius 2 is 1.77 bits per heavy atom. The Bertz CT molecular complexity index is 1190. The molecule has 4 nitrogen and oxygen atoms in total. The molecular weight excluding hydrogens is 473 g/mol. The first kappa shape index (κ1) is 21.5. The van der Waals surface area contributed by atoms with Crippen molar-refractivity contribution in [2.24, 2.45) is 0 Å². The average Bonchev–Trinajstić information content (AvgIpc) is 3.20. The van der Waals surface area contributed by atoms with Gasteiger partial charge in [-0.3, -0.25) is 0 Å². The fraction of sp³-hybridized carbons (Fsp3) is 0.250. The molecule has 2 aromatic carbocycles. The molecule has 3 aromatic rings. The zero-order valence-electron chi connectivity index (χ0n) is 15.5. The van der Waals surface area contributed by atoms with Crippen LogP contribution in [-0.4, -0.2) is 31.7 Å². The molecule has 0 bridgehead atoms. The predicted molar refractivity (Wildman–Crippen MR) is 116 cm³/mol. The number of sulfone groups is 1. The number of aromatic nitrogens is 1. The summed E-state index contributed by atoms with van der Waals surface area (Å²) in [7, 11) is -3.65. The maximum atomic E-state index is 13.4. The Balaban J connectivity index is 1.47. The standard InChI is InChI=1S/C20H16Cl2F2N2O2S2/c21-15-9-12(1-3-17(15)24)18-11-29-20(25-18)26-7-5-14(6-8-26)30(27,28)19-4-2-13(23)10-16(19)22/h1-4,9-11,14H,5-8H2. The maximum absolute atomic E-state index is 13.4. The molecule has 0 spiro atoms. The first-order chi connectivity index (χ1) is 14.3. The van der Waals surface area contributed by atoms with Crippen molar-refractivity contribution in [1.29, 1.82) is 0 Å². The van der Waals surface area contributed by atoms with Gasteiger partial charge in [0.2, 0.25) is 0 Å². The minimum Gasteiger partial charge on any atom is -0.348 e. The van der Waals surface area contributed by atoms with Crippen LogP contribution in [0, 0.1) is 11.6 Å². The highest BCUT2D eigenvalue weighted by Crippen LogP contribution is 2.34. The molecule has 0 saturated carbocycles. The van der Waals surface area contributed by atoms with Gasteiger partial charge in [-0.1, -0.05) is 23.2 Å². The molecule has 0 unspecified atom stereocenters. The molecule has 1 aliphatic rings. The lowest BCUT2D eigenvalue weighted by atomic mass is 10.1. The molecule has 0 radical (unpaired) electrons. The molecule has 0 atom stereocenters. The largest absolute Gasteiger partial charge is 0.348 e. The summed E-state index contributed by atoms with van der Waals surface area (Å²) in [6.45, 7) is 1.03. The van der Waals surface area contributed by atoms with Crippen LogP contribution in [0.25, 0.3) is 11.3 Å². The zero-order chi connectivity index (χ0) is 21.5. The Labute approximate surface area is 187 Å². The number of anilines is 1. The molecule has 10 heteroatoms. The van der Waals surface area contributed by atoms with Crippen molar-refractivity contribution in [3.05, 3.63) is 63.5 Å². The number of rotatable bonds is 4. The van der Waals surface area contributed by atoms with E-state index in [0.29, 0.717) is 37.2 Å². The number of hydrogen-bond acceptors (Lipinski definition) is 5. The number of hydrogen-bond donors (Lipinski definition) is 0. The van der Waals surface area contributed by atoms with E-state index >= 15 is 0 Å². The van der Waals surface area contributed by atoms with E-state index in [2.05, 4.69) is 4.98 Å². The number of halogens is 4. The van der Waals surface area contributed by atoms with Crippen molar-refractivity contribution in [3.8, 4) is 11.3 Å². The highest BCUT2D eigenvalue weighted by atomic mass is 35.5. The van der Waals surface area contributed by atoms with E-state index in [0.717, 1.165) is 17.3 Å². The van der Waals surface area contributed by atoms with Crippen molar-refractivity contribution in [1.82, 2.24) is 4.98 Å². The van der Waals surface area contributed by atoms with Gasteiger partial charge in [-0.25, -0.2) is 22.2 Å². The third-order valence-electron chi connectivity index (χ3n) is 5.06. The van der Waals surface area contributed by atoms with E-state index in [-0.39, 0.29) is 14.9 Å². The zero-order valence-corrected chi connectivity index (χ0v) is 18.6. The fourth-order valence-corrected chi connectivity index (χ4v) is 6.78. The van der Waals surface area contributed by atoms with Gasteiger partial charge in [-0.2, -0.15) is 0 Å². The molecule has 158 valence electrons. The normalized spacial score (nSPS) is 15.5. The van der Waals surface area contributed by atoms with Gasteiger partial charge in [0, 0.05) is 24.0 Å². The summed E-state index contributed by atoms with van der Waals surface area (Å²) in [5.41, 5.74) is 1.40. The Kier molecular flexibility index (Phi) is 6.03. The van der Waals surface area contributed by atoms with Crippen LogP contribution in [0.1, 0.15) is 12.8 Å². The van der Waals surface area contributed by atoms with E-state index in [9.17, 15) is 17.2 Å². The average molecular weight is 489 g/mol. The molecule has 1 aromatic heterocycles. The van der Waals surface area contributed by atoms with Gasteiger partial charge in [-0.05, 0) is 49.2 Å². The molecule has 30 heavy (non-hydrogen) atoms. The summed E-state index contributed by atoms with van der Waals surface area (Å²) in [6.07, 6.45) is 0.820. The van der Waals surface area contributed by atoms with Crippen molar-refractivity contribution >= 4 is 49.5 Å². The smallest absolute Gasteiger partial charge is 0.185 e. The summed E-state index contributed by atoms with van der Waals surface area (Å²) in [5.74, 6) is -1.06. The van der Waals surface area contributed by atoms with Gasteiger partial charge in [-0.15, -0.1) is 11.3 Å². The minimum atomic E-state index is -3.65. The second-order valence-electron chi connectivity index (χ2n) is 6.95. The van der Waals surface area contributed by atoms with Crippen LogP contribution in [0.15, 0.2) is 46.7 Å². The molecule has 1 fully saturated rings. The van der Waals surface area contributed by atoms with E-state index in [1.165, 1.54) is 29.5 Å². The highest BCUT2D eigenvalue weighted by Gasteiger charge is 2.33. The number of benzene rings is 2. The summed E-state index contributed by atoms with van der Waals surface area (Å²) >= 11 is 13.3. The Morgan fingerprint density at radius 3 is 2.43 bits per heavy atom. The van der Waals surface area contributed by atoms with Crippen molar-refractivity contribution < 1.29 is 17.2 Å². The molecule has 0 amide bonds. The molecule has 1 saturated heterocycles. The first-order valence-electron chi connectivity index (χ1n) is 9.10. The molecule has 0 aliphatic carbocycles. The van der Waals surface area contributed by atoms with Crippen LogP contribution in [0.2, 0.25) is 10.0 Å². The third-order valence-corrected chi connectivity index (χ3v) is 8.99. The molecule has 2 heterocycles. The van der Waals surface area contributed by atoms with Gasteiger partial charge in [0.15, 0.2) is 15.0 Å². The van der Waals surface area contributed by atoms with Crippen LogP contribution in [-0.2, 0) is 9.84 Å². The van der Waals surface area contributed by atoms with Gasteiger partial charge >= 0.3 is 0 Å². The topological polar surface area (TPSA) is 50.3 Å². The number of thiazole rings is 1. The van der Waals surface area contributed by atoms with Gasteiger partial charge in [0.05, 0.1) is 25.9 Å². The lowest BCUT2D eigenvalue weighted by Crippen LogP contribution is -2.39. The van der Waals surface area contributed by atoms with E-state index < -0.39 is 26.7 Å². The van der Waals surface area contributed by atoms with Crippen molar-refractivity contribution in [3.63, 3.8) is 0 Å². The summed E-state index contributed by atoms with van der Waals surface area (Å²) in [4.78, 5) is 6.59. The first-order valence-corrected chi connectivity index (χ1v) is 12.3. The third kappa shape index (κ3) is 4.19. The Morgan fingerprint density at radius 1 is 1.03 bits per heavy atom. The molecular formula is C20H16Cl2F2N2O2S2. The Hall–Kier alpha value is -1.74. The summed E-state index contributed by atoms with van der Waals surface area (Å²) in [6, 6.07) is 7.79. The number of nitrogens with zero attached hydrogens (tertiary/aromatic N) is 2. The highest BCUT2D eigenvalue weighted by molar-refractivity contribution is 7.92. The monoisotopic (exact) mass is 488 g/mol. The van der Waals surface area contributed by atoms with E-state index in [4.69, 9.17) is 23.2 Å². The second kappa shape index (κ2) is 8.42. The quantitative estimate of drug-likeness (QED) is 0.433. The van der Waals surface area contributed by atoms with Crippen molar-refractivity contribution in [2.75, 3.05) is 18.0 Å². The van der Waals surface area contributed by atoms with E-state index in [1.54, 1.807) is 6.07 Å². The molecule has 4 rings (SSSR count). The number of piperidine rings is 1. The lowest BCUT2D eigenvalue weighted by molar-refractivity contribution is 0.529. The van der Waals surface area contributed by atoms with Crippen LogP contribution in [0.3, 0.4) is 0 Å². The molecule has 1 aliphatic heterocycles. The van der Waals surface area contributed by atoms with Crippen LogP contribution in [0.4, 0.5) is 13.9 Å². The lowest BCUT2D eigenvalue weighted by Gasteiger charge is -2.31. The van der Waals surface area contributed by atoms with Crippen molar-refractivity contribution in [2.45, 2.75) is 23.0 Å². The maximum Gasteiger partial charge on any atom is 0.185 e. The summed E-state index contributed by atoms with van der Waals surface area (Å²) < 4.78 is 52.5. The van der Waals surface area contributed by atoms with Crippen LogP contribution < -0.4 is 4.90 Å². The predicted octanol–water partition coefficient (Wildman–Crippen LogP) is 5.84. The van der Waals surface area contributed by atoms with Crippen LogP contribution >= 0.6 is 34.5 Å². The van der Waals surface area contributed by atoms with Gasteiger partial charge in [0.1, 0.15) is 11.6 Å². The SMILES string of the molecule is O=S(=O)(c1ccc(F)cc1Cl)C1CCN(c2nc(-c3ccc(F)c(Cl)c3)cs2)CC1. The van der Waals surface area contributed by atoms with Gasteiger partial charge < -0.3 is 4.90 Å². The molecule has 0 N–H and O–H groups in total. The van der Waals surface area contributed by atoms with Gasteiger partial charge in [0.25, 0.3) is 0 Å².